The molecule has 0 unspecified atom stereocenters. The Morgan fingerprint density at radius 1 is 1.00 bits per heavy atom. The van der Waals surface area contributed by atoms with Gasteiger partial charge in [0, 0.05) is 6.04 Å². The maximum atomic E-state index is 5.67. The van der Waals surface area contributed by atoms with Crippen LogP contribution in [0.5, 0.6) is 0 Å². The average molecular weight is 241 g/mol. The minimum atomic E-state index is -0.0838. The molecule has 0 bridgehead atoms. The first kappa shape index (κ1) is 15.0. The molecule has 2 nitrogen and oxygen atoms in total. The second-order valence-electron chi connectivity index (χ2n) is 7.22. The summed E-state index contributed by atoms with van der Waals surface area (Å²) >= 11 is 0. The van der Waals surface area contributed by atoms with Crippen LogP contribution in [0.3, 0.4) is 0 Å². The number of nitrogens with one attached hydrogen (secondary N) is 1. The van der Waals surface area contributed by atoms with Gasteiger partial charge in [0.1, 0.15) is 0 Å². The monoisotopic (exact) mass is 241 g/mol. The predicted octanol–water partition coefficient (Wildman–Crippen LogP) is 4.30. The van der Waals surface area contributed by atoms with Crippen LogP contribution in [0.15, 0.2) is 0 Å². The Balaban J connectivity index is 2.31. The summed E-state index contributed by atoms with van der Waals surface area (Å²) in [5, 5.41) is 0. The van der Waals surface area contributed by atoms with Crippen LogP contribution in [0.4, 0.5) is 0 Å². The largest absolute Gasteiger partial charge is 0.296 e. The highest BCUT2D eigenvalue weighted by Gasteiger charge is 2.32. The van der Waals surface area contributed by atoms with Gasteiger partial charge in [0.15, 0.2) is 0 Å². The zero-order valence-corrected chi connectivity index (χ0v) is 12.6. The normalized spacial score (nSPS) is 27.2. The van der Waals surface area contributed by atoms with Gasteiger partial charge in [-0.3, -0.25) is 4.84 Å². The van der Waals surface area contributed by atoms with Crippen LogP contribution < -0.4 is 5.48 Å². The fourth-order valence-electron chi connectivity index (χ4n) is 2.54. The Morgan fingerprint density at radius 3 is 1.94 bits per heavy atom. The average Bonchev–Trinajstić information content (AvgIpc) is 2.26. The Kier molecular flexibility index (Phi) is 5.03. The van der Waals surface area contributed by atoms with E-state index in [2.05, 4.69) is 47.0 Å². The first-order valence-corrected chi connectivity index (χ1v) is 7.18. The molecule has 1 aliphatic rings. The molecule has 0 amide bonds. The third kappa shape index (κ3) is 4.97. The lowest BCUT2D eigenvalue weighted by Crippen LogP contribution is -2.40. The summed E-state index contributed by atoms with van der Waals surface area (Å²) in [6.07, 6.45) is 6.47. The van der Waals surface area contributed by atoms with Gasteiger partial charge in [-0.15, -0.1) is 0 Å². The second kappa shape index (κ2) is 5.71. The number of hydroxylamine groups is 1. The second-order valence-corrected chi connectivity index (χ2v) is 7.22. The van der Waals surface area contributed by atoms with Crippen molar-refractivity contribution in [2.24, 2.45) is 11.3 Å². The van der Waals surface area contributed by atoms with Crippen molar-refractivity contribution in [1.82, 2.24) is 5.48 Å². The molecule has 0 aromatic carbocycles. The van der Waals surface area contributed by atoms with Crippen molar-refractivity contribution < 1.29 is 4.84 Å². The summed E-state index contributed by atoms with van der Waals surface area (Å²) in [6, 6.07) is 0.554. The van der Waals surface area contributed by atoms with Crippen molar-refractivity contribution in [1.29, 1.82) is 0 Å². The molecule has 0 spiro atoms. The minimum Gasteiger partial charge on any atom is -0.296 e. The van der Waals surface area contributed by atoms with Gasteiger partial charge < -0.3 is 0 Å². The van der Waals surface area contributed by atoms with Crippen LogP contribution in [0.2, 0.25) is 0 Å². The number of hydrogen-bond acceptors (Lipinski definition) is 2. The van der Waals surface area contributed by atoms with Crippen LogP contribution in [0.1, 0.15) is 73.6 Å². The number of rotatable bonds is 4. The smallest absolute Gasteiger partial charge is 0.0813 e. The molecule has 0 aromatic heterocycles. The Hall–Kier alpha value is -0.0800. The zero-order chi connectivity index (χ0) is 13.1. The van der Waals surface area contributed by atoms with E-state index in [0.717, 1.165) is 5.92 Å². The lowest BCUT2D eigenvalue weighted by atomic mass is 9.69. The van der Waals surface area contributed by atoms with Crippen molar-refractivity contribution in [2.45, 2.75) is 85.3 Å². The lowest BCUT2D eigenvalue weighted by molar-refractivity contribution is -0.0960. The Bertz CT molecular complexity index is 222. The summed E-state index contributed by atoms with van der Waals surface area (Å²) in [5.41, 5.74) is 3.68. The van der Waals surface area contributed by atoms with Crippen LogP contribution in [-0.2, 0) is 4.84 Å². The molecule has 1 saturated carbocycles. The predicted molar refractivity (Wildman–Crippen MR) is 73.8 cm³/mol. The van der Waals surface area contributed by atoms with Crippen molar-refractivity contribution in [3.63, 3.8) is 0 Å². The van der Waals surface area contributed by atoms with Crippen LogP contribution in [0, 0.1) is 11.3 Å². The first-order valence-electron chi connectivity index (χ1n) is 7.18. The van der Waals surface area contributed by atoms with E-state index in [1.54, 1.807) is 0 Å². The van der Waals surface area contributed by atoms with Crippen LogP contribution in [0.25, 0.3) is 0 Å². The Morgan fingerprint density at radius 2 is 1.53 bits per heavy atom. The molecule has 1 aliphatic carbocycles. The molecular formula is C15H31NO. The molecule has 1 rings (SSSR count). The molecule has 2 heteroatoms. The molecule has 0 heterocycles. The SMILES string of the molecule is CCC(C)(C)C1CCC(NOC(C)(C)C)CC1. The van der Waals surface area contributed by atoms with Gasteiger partial charge in [0.25, 0.3) is 0 Å². The molecule has 17 heavy (non-hydrogen) atoms. The fraction of sp³-hybridized carbons (Fsp3) is 1.00. The highest BCUT2D eigenvalue weighted by molar-refractivity contribution is 4.84. The summed E-state index contributed by atoms with van der Waals surface area (Å²) in [7, 11) is 0. The van der Waals surface area contributed by atoms with Gasteiger partial charge in [-0.1, -0.05) is 27.2 Å². The van der Waals surface area contributed by atoms with Gasteiger partial charge in [-0.25, -0.2) is 0 Å². The van der Waals surface area contributed by atoms with E-state index in [9.17, 15) is 0 Å². The fourth-order valence-corrected chi connectivity index (χ4v) is 2.54. The van der Waals surface area contributed by atoms with Crippen LogP contribution >= 0.6 is 0 Å². The van der Waals surface area contributed by atoms with Gasteiger partial charge in [0.05, 0.1) is 5.60 Å². The zero-order valence-electron chi connectivity index (χ0n) is 12.6. The van der Waals surface area contributed by atoms with Gasteiger partial charge >= 0.3 is 0 Å². The maximum Gasteiger partial charge on any atom is 0.0813 e. The quantitative estimate of drug-likeness (QED) is 0.741. The highest BCUT2D eigenvalue weighted by atomic mass is 16.7. The number of hydrogen-bond donors (Lipinski definition) is 1. The summed E-state index contributed by atoms with van der Waals surface area (Å²) in [4.78, 5) is 5.67. The Labute approximate surface area is 107 Å². The molecule has 0 saturated heterocycles. The van der Waals surface area contributed by atoms with Crippen molar-refractivity contribution in [2.75, 3.05) is 0 Å². The topological polar surface area (TPSA) is 21.3 Å². The van der Waals surface area contributed by atoms with E-state index in [1.165, 1.54) is 32.1 Å². The maximum absolute atomic E-state index is 5.67. The van der Waals surface area contributed by atoms with Crippen LogP contribution in [-0.4, -0.2) is 11.6 Å². The van der Waals surface area contributed by atoms with Gasteiger partial charge in [0.2, 0.25) is 0 Å². The first-order chi connectivity index (χ1) is 7.74. The van der Waals surface area contributed by atoms with E-state index >= 15 is 0 Å². The summed E-state index contributed by atoms with van der Waals surface area (Å²) < 4.78 is 0. The van der Waals surface area contributed by atoms with Crippen molar-refractivity contribution in [3.8, 4) is 0 Å². The molecule has 1 N–H and O–H groups in total. The molecule has 0 aromatic rings. The van der Waals surface area contributed by atoms with Crippen molar-refractivity contribution in [3.05, 3.63) is 0 Å². The lowest BCUT2D eigenvalue weighted by Gasteiger charge is -2.39. The molecule has 0 atom stereocenters. The minimum absolute atomic E-state index is 0.0838. The molecule has 0 radical (unpaired) electrons. The molecule has 1 fully saturated rings. The van der Waals surface area contributed by atoms with Gasteiger partial charge in [-0.05, 0) is 57.8 Å². The van der Waals surface area contributed by atoms with E-state index in [4.69, 9.17) is 4.84 Å². The third-order valence-electron chi connectivity index (χ3n) is 4.28. The third-order valence-corrected chi connectivity index (χ3v) is 4.28. The molecular weight excluding hydrogens is 210 g/mol. The highest BCUT2D eigenvalue weighted by Crippen LogP contribution is 2.40. The standard InChI is InChI=1S/C15H31NO/c1-7-15(5,6)12-8-10-13(11-9-12)16-17-14(2,3)4/h12-13,16H,7-11H2,1-6H3. The van der Waals surface area contributed by atoms with E-state index in [1.807, 2.05) is 0 Å². The van der Waals surface area contributed by atoms with Crippen molar-refractivity contribution >= 4 is 0 Å². The summed E-state index contributed by atoms with van der Waals surface area (Å²) in [5.74, 6) is 0.889. The van der Waals surface area contributed by atoms with E-state index < -0.39 is 0 Å². The van der Waals surface area contributed by atoms with Gasteiger partial charge in [-0.2, -0.15) is 5.48 Å². The van der Waals surface area contributed by atoms with E-state index in [0.29, 0.717) is 11.5 Å². The molecule has 0 aliphatic heterocycles. The summed E-state index contributed by atoms with van der Waals surface area (Å²) in [6.45, 7) is 13.4. The van der Waals surface area contributed by atoms with E-state index in [-0.39, 0.29) is 5.60 Å². The molecule has 102 valence electrons.